The Bertz CT molecular complexity index is 1580. The zero-order chi connectivity index (χ0) is 29.2. The zero-order valence-electron chi connectivity index (χ0n) is 22.6. The van der Waals surface area contributed by atoms with Crippen LogP contribution in [-0.4, -0.2) is 70.9 Å². The third-order valence-corrected chi connectivity index (χ3v) is 8.30. The minimum absolute atomic E-state index is 0.0644. The van der Waals surface area contributed by atoms with Gasteiger partial charge < -0.3 is 25.2 Å². The Morgan fingerprint density at radius 3 is 2.42 bits per heavy atom. The van der Waals surface area contributed by atoms with Crippen molar-refractivity contribution in [1.29, 1.82) is 0 Å². The van der Waals surface area contributed by atoms with Gasteiger partial charge in [-0.3, -0.25) is 14.4 Å². The smallest absolute Gasteiger partial charge is 0.251 e. The predicted molar refractivity (Wildman–Crippen MR) is 158 cm³/mol. The lowest BCUT2D eigenvalue weighted by Crippen LogP contribution is -2.56. The molecule has 12 heteroatoms. The highest BCUT2D eigenvalue weighted by Gasteiger charge is 2.38. The number of benzene rings is 3. The van der Waals surface area contributed by atoms with Gasteiger partial charge in [-0.15, -0.1) is 0 Å². The van der Waals surface area contributed by atoms with Crippen molar-refractivity contribution in [1.82, 2.24) is 10.6 Å². The standard InChI is InChI=1S/C28H31BrN4O6S/c1-17(30-2)27(35)31-22-15-32(26(34)16-40(4,37)38)23-10-5-6-11-24(23)33(28(22)36)14-20-18-8-7-9-21(29)19(18)12-13-25(20)39-3/h5-13,17,22,30H,14-16H2,1-4H3,(H,31,35). The average molecular weight is 632 g/mol. The fourth-order valence-electron chi connectivity index (χ4n) is 4.70. The molecule has 0 spiro atoms. The first kappa shape index (κ1) is 29.5. The monoisotopic (exact) mass is 630 g/mol. The summed E-state index contributed by atoms with van der Waals surface area (Å²) in [6, 6.07) is 14.5. The van der Waals surface area contributed by atoms with Gasteiger partial charge in [-0.2, -0.15) is 0 Å². The Kier molecular flexibility index (Phi) is 8.81. The van der Waals surface area contributed by atoms with E-state index in [1.54, 1.807) is 45.3 Å². The van der Waals surface area contributed by atoms with Crippen molar-refractivity contribution in [2.24, 2.45) is 0 Å². The van der Waals surface area contributed by atoms with E-state index >= 15 is 0 Å². The molecule has 40 heavy (non-hydrogen) atoms. The lowest BCUT2D eigenvalue weighted by Gasteiger charge is -2.27. The maximum atomic E-state index is 14.2. The van der Waals surface area contributed by atoms with Gasteiger partial charge in [-0.1, -0.05) is 40.2 Å². The van der Waals surface area contributed by atoms with Crippen molar-refractivity contribution in [2.45, 2.75) is 25.6 Å². The first-order valence-electron chi connectivity index (χ1n) is 12.6. The topological polar surface area (TPSA) is 125 Å². The number of anilines is 2. The van der Waals surface area contributed by atoms with E-state index in [1.807, 2.05) is 30.3 Å². The predicted octanol–water partition coefficient (Wildman–Crippen LogP) is 2.63. The van der Waals surface area contributed by atoms with Crippen molar-refractivity contribution >= 4 is 65.6 Å². The highest BCUT2D eigenvalue weighted by atomic mass is 79.9. The van der Waals surface area contributed by atoms with E-state index in [2.05, 4.69) is 26.6 Å². The van der Waals surface area contributed by atoms with Crippen LogP contribution in [-0.2, 0) is 30.8 Å². The van der Waals surface area contributed by atoms with Gasteiger partial charge in [0.15, 0.2) is 9.84 Å². The molecule has 212 valence electrons. The summed E-state index contributed by atoms with van der Waals surface area (Å²) in [6.45, 7) is 1.48. The van der Waals surface area contributed by atoms with Crippen molar-refractivity contribution < 1.29 is 27.5 Å². The van der Waals surface area contributed by atoms with Gasteiger partial charge in [0, 0.05) is 16.3 Å². The highest BCUT2D eigenvalue weighted by molar-refractivity contribution is 9.10. The molecule has 0 saturated heterocycles. The molecule has 4 rings (SSSR count). The summed E-state index contributed by atoms with van der Waals surface area (Å²) in [5.74, 6) is -1.76. The minimum atomic E-state index is -3.67. The second kappa shape index (κ2) is 11.9. The number of para-hydroxylation sites is 2. The highest BCUT2D eigenvalue weighted by Crippen LogP contribution is 2.38. The number of carbonyl (C=O) groups is 3. The lowest BCUT2D eigenvalue weighted by molar-refractivity contribution is -0.128. The number of nitrogens with one attached hydrogen (secondary N) is 2. The van der Waals surface area contributed by atoms with Crippen molar-refractivity contribution in [3.8, 4) is 5.75 Å². The van der Waals surface area contributed by atoms with Gasteiger partial charge in [-0.05, 0) is 55.1 Å². The fourth-order valence-corrected chi connectivity index (χ4v) is 5.80. The van der Waals surface area contributed by atoms with Gasteiger partial charge in [0.1, 0.15) is 17.5 Å². The van der Waals surface area contributed by atoms with Crippen LogP contribution in [0.1, 0.15) is 12.5 Å². The number of ether oxygens (including phenoxy) is 1. The zero-order valence-corrected chi connectivity index (χ0v) is 25.0. The van der Waals surface area contributed by atoms with E-state index in [0.29, 0.717) is 17.1 Å². The molecule has 0 saturated carbocycles. The summed E-state index contributed by atoms with van der Waals surface area (Å²) in [6.07, 6.45) is 0.977. The Morgan fingerprint density at radius 2 is 1.77 bits per heavy atom. The number of halogens is 1. The van der Waals surface area contributed by atoms with Crippen molar-refractivity contribution in [3.63, 3.8) is 0 Å². The third-order valence-electron chi connectivity index (χ3n) is 6.84. The van der Waals surface area contributed by atoms with Crippen molar-refractivity contribution in [3.05, 3.63) is 64.6 Å². The molecule has 2 unspecified atom stereocenters. The largest absolute Gasteiger partial charge is 0.496 e. The normalized spacial score (nSPS) is 16.3. The molecule has 2 atom stereocenters. The van der Waals surface area contributed by atoms with Crippen LogP contribution in [0.4, 0.5) is 11.4 Å². The number of methoxy groups -OCH3 is 1. The van der Waals surface area contributed by atoms with E-state index in [-0.39, 0.29) is 13.1 Å². The number of carbonyl (C=O) groups excluding carboxylic acids is 3. The molecular weight excluding hydrogens is 600 g/mol. The molecule has 1 aliphatic rings. The van der Waals surface area contributed by atoms with Gasteiger partial charge in [0.2, 0.25) is 11.8 Å². The van der Waals surface area contributed by atoms with Crippen LogP contribution >= 0.6 is 15.9 Å². The quantitative estimate of drug-likeness (QED) is 0.392. The van der Waals surface area contributed by atoms with Crippen LogP contribution in [0.2, 0.25) is 0 Å². The average Bonchev–Trinajstić information content (AvgIpc) is 3.02. The fraction of sp³-hybridized carbons (Fsp3) is 0.321. The lowest BCUT2D eigenvalue weighted by atomic mass is 10.0. The molecule has 3 amide bonds. The molecule has 3 aromatic rings. The molecule has 2 N–H and O–H groups in total. The van der Waals surface area contributed by atoms with Crippen LogP contribution < -0.4 is 25.2 Å². The Balaban J connectivity index is 1.88. The minimum Gasteiger partial charge on any atom is -0.496 e. The first-order chi connectivity index (χ1) is 18.9. The molecule has 1 heterocycles. The maximum absolute atomic E-state index is 14.2. The number of fused-ring (bicyclic) bond motifs is 2. The summed E-state index contributed by atoms with van der Waals surface area (Å²) in [4.78, 5) is 43.2. The van der Waals surface area contributed by atoms with E-state index < -0.39 is 45.4 Å². The Labute approximate surface area is 241 Å². The molecule has 0 bridgehead atoms. The Morgan fingerprint density at radius 1 is 1.07 bits per heavy atom. The van der Waals surface area contributed by atoms with E-state index in [1.165, 1.54) is 9.80 Å². The molecule has 3 aromatic carbocycles. The summed E-state index contributed by atoms with van der Waals surface area (Å²) in [7, 11) is -0.497. The summed E-state index contributed by atoms with van der Waals surface area (Å²) < 4.78 is 30.6. The molecule has 0 fully saturated rings. The second-order valence-corrected chi connectivity index (χ2v) is 12.6. The second-order valence-electron chi connectivity index (χ2n) is 9.64. The molecular formula is C28H31BrN4O6S. The van der Waals surface area contributed by atoms with Crippen LogP contribution in [0.5, 0.6) is 5.75 Å². The molecule has 0 aliphatic carbocycles. The van der Waals surface area contributed by atoms with Crippen molar-refractivity contribution in [2.75, 3.05) is 42.5 Å². The number of nitrogens with zero attached hydrogens (tertiary/aromatic N) is 2. The molecule has 0 aromatic heterocycles. The summed E-state index contributed by atoms with van der Waals surface area (Å²) in [5.41, 5.74) is 1.50. The number of rotatable bonds is 8. The summed E-state index contributed by atoms with van der Waals surface area (Å²) >= 11 is 3.59. The number of hydrogen-bond acceptors (Lipinski definition) is 7. The first-order valence-corrected chi connectivity index (χ1v) is 15.4. The van der Waals surface area contributed by atoms with Crippen LogP contribution in [0.25, 0.3) is 10.8 Å². The van der Waals surface area contributed by atoms with Crippen LogP contribution in [0.3, 0.4) is 0 Å². The third kappa shape index (κ3) is 6.13. The SMILES string of the molecule is CNC(C)C(=O)NC1CN(C(=O)CS(C)(=O)=O)c2ccccc2N(Cc2c(OC)ccc3c(Br)cccc23)C1=O. The summed E-state index contributed by atoms with van der Waals surface area (Å²) in [5, 5.41) is 7.38. The number of likely N-dealkylation sites (N-methyl/N-ethyl adjacent to an activating group) is 1. The van der Waals surface area contributed by atoms with Gasteiger partial charge in [0.25, 0.3) is 5.91 Å². The van der Waals surface area contributed by atoms with E-state index in [0.717, 1.165) is 27.1 Å². The van der Waals surface area contributed by atoms with Gasteiger partial charge in [0.05, 0.1) is 37.6 Å². The maximum Gasteiger partial charge on any atom is 0.251 e. The molecule has 10 nitrogen and oxygen atoms in total. The Hall–Kier alpha value is -3.48. The number of hydrogen-bond donors (Lipinski definition) is 2. The number of amides is 3. The van der Waals surface area contributed by atoms with Crippen LogP contribution in [0, 0.1) is 0 Å². The molecule has 0 radical (unpaired) electrons. The number of sulfone groups is 1. The van der Waals surface area contributed by atoms with Crippen LogP contribution in [0.15, 0.2) is 59.1 Å². The van der Waals surface area contributed by atoms with E-state index in [9.17, 15) is 22.8 Å². The van der Waals surface area contributed by atoms with E-state index in [4.69, 9.17) is 4.74 Å². The van der Waals surface area contributed by atoms with Gasteiger partial charge >= 0.3 is 0 Å². The van der Waals surface area contributed by atoms with Gasteiger partial charge in [-0.25, -0.2) is 8.42 Å². The molecule has 1 aliphatic heterocycles.